The average molecular weight is 1080 g/mol. The van der Waals surface area contributed by atoms with Gasteiger partial charge in [0.05, 0.1) is 58.5 Å². The molecule has 0 bridgehead atoms. The van der Waals surface area contributed by atoms with Crippen LogP contribution in [-0.4, -0.2) is 110 Å². The molecular weight excluding hydrogens is 1030 g/mol. The van der Waals surface area contributed by atoms with Crippen LogP contribution in [0.25, 0.3) is 11.3 Å². The molecule has 0 spiro atoms. The van der Waals surface area contributed by atoms with Crippen LogP contribution < -0.4 is 9.44 Å². The molecular formula is C45H52Cl4N10O9S2. The number of aromatic nitrogens is 6. The lowest BCUT2D eigenvalue weighted by atomic mass is 9.98. The van der Waals surface area contributed by atoms with E-state index in [-0.39, 0.29) is 51.6 Å². The van der Waals surface area contributed by atoms with Crippen LogP contribution in [0.5, 0.6) is 0 Å². The van der Waals surface area contributed by atoms with E-state index in [1.54, 1.807) is 31.1 Å². The van der Waals surface area contributed by atoms with Gasteiger partial charge in [-0.3, -0.25) is 19.1 Å². The summed E-state index contributed by atoms with van der Waals surface area (Å²) in [6, 6.07) is 11.8. The second-order valence-electron chi connectivity index (χ2n) is 17.8. The molecule has 19 nitrogen and oxygen atoms in total. The van der Waals surface area contributed by atoms with Gasteiger partial charge in [0.2, 0.25) is 20.0 Å². The number of likely N-dealkylation sites (tertiary alicyclic amines) is 2. The van der Waals surface area contributed by atoms with E-state index in [4.69, 9.17) is 56.2 Å². The number of hydrogen-bond donors (Lipinski definition) is 3. The molecule has 2 aromatic carbocycles. The molecule has 0 aliphatic carbocycles. The number of carbonyl (C=O) groups is 3. The first-order valence-electron chi connectivity index (χ1n) is 21.8. The maximum Gasteiger partial charge on any atom is 0.410 e. The number of anilines is 2. The van der Waals surface area contributed by atoms with Crippen molar-refractivity contribution in [3.8, 4) is 0 Å². The number of aryl methyl sites for hydroxylation is 2. The van der Waals surface area contributed by atoms with Gasteiger partial charge < -0.3 is 14.7 Å². The number of benzene rings is 2. The first kappa shape index (κ1) is 53.9. The molecule has 2 aliphatic rings. The molecule has 2 fully saturated rings. The van der Waals surface area contributed by atoms with Gasteiger partial charge in [-0.15, -0.1) is 0 Å². The number of ether oxygens (including phenoxy) is 1. The molecule has 6 aromatic rings. The van der Waals surface area contributed by atoms with E-state index in [0.29, 0.717) is 45.4 Å². The number of halogens is 4. The van der Waals surface area contributed by atoms with Gasteiger partial charge in [-0.2, -0.15) is 10.2 Å². The average Bonchev–Trinajstić information content (AvgIpc) is 3.87. The van der Waals surface area contributed by atoms with Crippen LogP contribution in [0.2, 0.25) is 20.4 Å². The summed E-state index contributed by atoms with van der Waals surface area (Å²) >= 11 is 24.0. The van der Waals surface area contributed by atoms with E-state index in [2.05, 4.69) is 29.6 Å². The number of piperidine rings is 2. The SMILES string of the molecule is CS(=O)(=O)Nc1ccc(Cl)cc1C(=O)O.Cc1cn2nc([C@@H]3CCCCN3C(=O)OC(C)(C)C)cc2nc1Cl.Cc1cn2nc([C@@H]3CCCCN3C(=O)c3cc(Cl)ccc3NS(C)(=O)=O)cc2nc1Cl. The van der Waals surface area contributed by atoms with Gasteiger partial charge >= 0.3 is 12.1 Å². The zero-order valence-corrected chi connectivity index (χ0v) is 43.9. The minimum atomic E-state index is -3.57. The van der Waals surface area contributed by atoms with Crippen molar-refractivity contribution in [2.75, 3.05) is 35.0 Å². The molecule has 2 saturated heterocycles. The smallest absolute Gasteiger partial charge is 0.410 e. The van der Waals surface area contributed by atoms with Crippen molar-refractivity contribution in [1.29, 1.82) is 0 Å². The Balaban J connectivity index is 0.000000183. The van der Waals surface area contributed by atoms with Crippen LogP contribution in [0.4, 0.5) is 16.2 Å². The second-order valence-corrected chi connectivity index (χ2v) is 22.9. The molecule has 0 saturated carbocycles. The number of fused-ring (bicyclic) bond motifs is 2. The number of nitrogens with one attached hydrogen (secondary N) is 2. The Labute approximate surface area is 425 Å². The molecule has 2 amide bonds. The van der Waals surface area contributed by atoms with E-state index in [9.17, 15) is 31.2 Å². The van der Waals surface area contributed by atoms with Crippen molar-refractivity contribution in [2.45, 2.75) is 90.8 Å². The molecule has 6 heterocycles. The standard InChI is InChI=1S/C20H21Cl2N5O3S.C17H23ClN4O2.C8H8ClNO4S/c1-12-11-27-18(23-19(12)22)10-16(24-27)17-5-3-4-8-26(17)20(28)14-9-13(21)6-7-15(14)25-31(2,29)30;1-11-10-22-14(19-15(11)18)9-12(20-22)13-7-5-6-8-21(13)16(23)24-17(2,3)4;1-15(13,14)10-7-3-2-5(9)4-6(7)8(11)12/h6-7,9-11,17,25H,3-5,8H2,1-2H3;9-10,13H,5-8H2,1-4H3;2-4,10H,1H3,(H,11,12)/t17-;13-;/m00./s1. The lowest BCUT2D eigenvalue weighted by Crippen LogP contribution is -2.42. The summed E-state index contributed by atoms with van der Waals surface area (Å²) in [5.74, 6) is -1.55. The molecule has 376 valence electrons. The van der Waals surface area contributed by atoms with Gasteiger partial charge in [-0.05, 0) is 110 Å². The number of hydrogen-bond acceptors (Lipinski definition) is 12. The summed E-state index contributed by atoms with van der Waals surface area (Å²) in [7, 11) is -7.07. The Morgan fingerprint density at radius 1 is 0.671 bits per heavy atom. The Bertz CT molecular complexity index is 3100. The normalized spacial score (nSPS) is 16.4. The monoisotopic (exact) mass is 1080 g/mol. The zero-order valence-electron chi connectivity index (χ0n) is 39.2. The van der Waals surface area contributed by atoms with Crippen LogP contribution >= 0.6 is 46.4 Å². The highest BCUT2D eigenvalue weighted by atomic mass is 35.5. The molecule has 70 heavy (non-hydrogen) atoms. The predicted octanol–water partition coefficient (Wildman–Crippen LogP) is 9.65. The maximum atomic E-state index is 13.5. The fraction of sp³-hybridized carbons (Fsp3) is 0.400. The molecule has 4 aromatic heterocycles. The first-order valence-corrected chi connectivity index (χ1v) is 27.1. The maximum absolute atomic E-state index is 13.5. The van der Waals surface area contributed by atoms with E-state index in [0.717, 1.165) is 67.9 Å². The van der Waals surface area contributed by atoms with E-state index >= 15 is 0 Å². The summed E-state index contributed by atoms with van der Waals surface area (Å²) in [6.45, 7) is 10.6. The van der Waals surface area contributed by atoms with E-state index in [1.165, 1.54) is 30.3 Å². The van der Waals surface area contributed by atoms with Gasteiger partial charge in [-0.25, -0.2) is 45.4 Å². The molecule has 3 N–H and O–H groups in total. The van der Waals surface area contributed by atoms with Crippen molar-refractivity contribution in [2.24, 2.45) is 0 Å². The van der Waals surface area contributed by atoms with Crippen molar-refractivity contribution in [3.63, 3.8) is 0 Å². The lowest BCUT2D eigenvalue weighted by molar-refractivity contribution is 0.00893. The number of aromatic carboxylic acids is 1. The number of carbonyl (C=O) groups excluding carboxylic acids is 2. The Hall–Kier alpha value is -5.45. The fourth-order valence-corrected chi connectivity index (χ4v) is 9.49. The second kappa shape index (κ2) is 21.9. The Kier molecular flexibility index (Phi) is 16.9. The number of sulfonamides is 2. The fourth-order valence-electron chi connectivity index (χ4n) is 7.72. The topological polar surface area (TPSA) is 240 Å². The molecule has 0 unspecified atom stereocenters. The van der Waals surface area contributed by atoms with Crippen molar-refractivity contribution in [1.82, 2.24) is 39.0 Å². The molecule has 2 aliphatic heterocycles. The van der Waals surface area contributed by atoms with Crippen LogP contribution in [0, 0.1) is 13.8 Å². The van der Waals surface area contributed by atoms with Crippen LogP contribution in [0.1, 0.15) is 115 Å². The van der Waals surface area contributed by atoms with Gasteiger partial charge in [0.1, 0.15) is 15.9 Å². The highest BCUT2D eigenvalue weighted by molar-refractivity contribution is 7.92. The highest BCUT2D eigenvalue weighted by Crippen LogP contribution is 2.35. The quantitative estimate of drug-likeness (QED) is 0.120. The van der Waals surface area contributed by atoms with Gasteiger partial charge in [0.15, 0.2) is 11.3 Å². The summed E-state index contributed by atoms with van der Waals surface area (Å²) in [4.78, 5) is 49.1. The van der Waals surface area contributed by atoms with Crippen molar-refractivity contribution < 1.29 is 41.1 Å². The van der Waals surface area contributed by atoms with Gasteiger partial charge in [0.25, 0.3) is 5.91 Å². The summed E-state index contributed by atoms with van der Waals surface area (Å²) < 4.78 is 58.8. The number of rotatable bonds is 8. The number of amides is 2. The predicted molar refractivity (Wildman–Crippen MR) is 269 cm³/mol. The molecule has 2 atom stereocenters. The van der Waals surface area contributed by atoms with Crippen LogP contribution in [0.3, 0.4) is 0 Å². The number of nitrogens with zero attached hydrogens (tertiary/aromatic N) is 8. The van der Waals surface area contributed by atoms with Crippen molar-refractivity contribution in [3.05, 3.63) is 115 Å². The summed E-state index contributed by atoms with van der Waals surface area (Å²) in [6.07, 6.45) is 10.8. The van der Waals surface area contributed by atoms with Crippen LogP contribution in [0.15, 0.2) is 60.9 Å². The summed E-state index contributed by atoms with van der Waals surface area (Å²) in [5, 5.41) is 19.5. The minimum absolute atomic E-state index is 0.00519. The number of carboxylic acids is 1. The van der Waals surface area contributed by atoms with E-state index < -0.39 is 31.6 Å². The Morgan fingerprint density at radius 3 is 1.54 bits per heavy atom. The zero-order chi connectivity index (χ0) is 51.5. The third-order valence-electron chi connectivity index (χ3n) is 10.8. The third kappa shape index (κ3) is 14.1. The third-order valence-corrected chi connectivity index (χ3v) is 13.2. The van der Waals surface area contributed by atoms with Gasteiger partial charge in [-0.1, -0.05) is 46.4 Å². The summed E-state index contributed by atoms with van der Waals surface area (Å²) in [5.41, 5.74) is 4.19. The lowest BCUT2D eigenvalue weighted by Gasteiger charge is -2.35. The van der Waals surface area contributed by atoms with E-state index in [1.807, 2.05) is 52.9 Å². The van der Waals surface area contributed by atoms with Gasteiger partial charge in [0, 0.05) is 58.8 Å². The largest absolute Gasteiger partial charge is 0.478 e. The number of carboxylic acid groups (broad SMARTS) is 1. The van der Waals surface area contributed by atoms with Crippen molar-refractivity contribution >= 4 is 107 Å². The molecule has 0 radical (unpaired) electrons. The molecule has 25 heteroatoms. The first-order chi connectivity index (χ1) is 32.7. The van der Waals surface area contributed by atoms with Crippen LogP contribution in [-0.2, 0) is 24.8 Å². The highest BCUT2D eigenvalue weighted by Gasteiger charge is 2.34. The molecule has 8 rings (SSSR count). The Morgan fingerprint density at radius 2 is 1.10 bits per heavy atom. The minimum Gasteiger partial charge on any atom is -0.478 e.